The lowest BCUT2D eigenvalue weighted by Gasteiger charge is -2.48. The van der Waals surface area contributed by atoms with Crippen molar-refractivity contribution in [2.24, 2.45) is 5.73 Å². The van der Waals surface area contributed by atoms with Crippen LogP contribution in [0.4, 0.5) is 0 Å². The number of aromatic hydroxyl groups is 1. The second-order valence-electron chi connectivity index (χ2n) is 24.8. The fourth-order valence-electron chi connectivity index (χ4n) is 12.2. The number of rotatable bonds is 14. The minimum Gasteiger partial charge on any atom is -0.506 e. The van der Waals surface area contributed by atoms with Gasteiger partial charge in [0, 0.05) is 56.3 Å². The van der Waals surface area contributed by atoms with E-state index in [-0.39, 0.29) is 122 Å². The standard InChI is InChI=1S/C64H66N14O21S6/c1-25(51(65)81)66-52(82)34-22-103-60(71-34)45-39(80)15-30-44(73-45)33-20-101-58(68-33)32-19-96-62(87)47-31-18-94-48(49(99-40-16-64(5,89)50(77(6)7)28(4)98-40)63(88)95-17-29-11-9-12-38(41(29)31)78(47)97-13-10-14-105(90,91)92)46(61-72-35(23-104-61)53(83)67-32)76-55(85)37-24-102-59(70-37)43(27(3)93-8)75-56(86)42(26(2)79)74-54(84)36-21-100-57(30)69-36/h9,11-12,15,20-24,26,28,32,40,42,46,48-50,79-80,89H,1,10,13-14,16-19H2,2-8H3,(H2,65,81)(H,66,82)(H,67,83)(H,74,84)(H,75,86)(H,76,85)(H,90,91,92)/b43-27+. The second kappa shape index (κ2) is 30.5. The Labute approximate surface area is 615 Å². The van der Waals surface area contributed by atoms with Crippen LogP contribution in [0, 0.1) is 0 Å². The summed E-state index contributed by atoms with van der Waals surface area (Å²) in [5.74, 6) is -9.28. The summed E-state index contributed by atoms with van der Waals surface area (Å²) in [6, 6.07) is 0.468. The lowest BCUT2D eigenvalue weighted by atomic mass is 9.85. The summed E-state index contributed by atoms with van der Waals surface area (Å²) in [4.78, 5) is 151. The van der Waals surface area contributed by atoms with Gasteiger partial charge in [0.2, 0.25) is 5.91 Å². The van der Waals surface area contributed by atoms with Crippen LogP contribution in [0.25, 0.3) is 49.3 Å². The van der Waals surface area contributed by atoms with E-state index in [1.165, 1.54) is 60.0 Å². The lowest BCUT2D eigenvalue weighted by Crippen LogP contribution is -2.62. The molecule has 10 atom stereocenters. The Morgan fingerprint density at radius 2 is 1.54 bits per heavy atom. The quantitative estimate of drug-likeness (QED) is 0.0245. The van der Waals surface area contributed by atoms with Gasteiger partial charge in [0.1, 0.15) is 126 Å². The Balaban J connectivity index is 1.06. The normalized spacial score (nSPS) is 23.3. The summed E-state index contributed by atoms with van der Waals surface area (Å²) < 4.78 is 72.9. The fraction of sp³-hybridized carbons (Fsp3) is 0.375. The van der Waals surface area contributed by atoms with Crippen LogP contribution in [0.3, 0.4) is 0 Å². The number of aromatic nitrogens is 7. The molecule has 0 radical (unpaired) electrons. The Hall–Kier alpha value is -9.63. The van der Waals surface area contributed by atoms with Gasteiger partial charge in [0.15, 0.2) is 18.1 Å². The van der Waals surface area contributed by atoms with Crippen LogP contribution in [-0.4, -0.2) is 204 Å². The molecular formula is C64H66N14O21S6. The van der Waals surface area contributed by atoms with Crippen molar-refractivity contribution in [1.82, 2.24) is 66.1 Å². The summed E-state index contributed by atoms with van der Waals surface area (Å²) in [6.07, 6.45) is -8.14. The number of amides is 6. The van der Waals surface area contributed by atoms with Gasteiger partial charge < -0.3 is 85.8 Å². The number of esters is 2. The number of aliphatic hydroxyl groups excluding tert-OH is 1. The summed E-state index contributed by atoms with van der Waals surface area (Å²) >= 11 is 4.34. The number of cyclic esters (lactones) is 2. The molecule has 8 aromatic rings. The molecule has 7 aromatic heterocycles. The number of nitrogens with one attached hydrogen (secondary N) is 5. The molecule has 35 nitrogen and oxygen atoms in total. The van der Waals surface area contributed by atoms with Gasteiger partial charge in [-0.3, -0.25) is 33.3 Å². The Kier molecular flexibility index (Phi) is 21.8. The molecule has 11 N–H and O–H groups in total. The molecule has 1 saturated heterocycles. The molecule has 11 heterocycles. The maximum absolute atomic E-state index is 15.6. The lowest BCUT2D eigenvalue weighted by molar-refractivity contribution is -0.280. The SMILES string of the molecule is C=C(NC(=O)c1csc(-c2nc3c(cc2O)-c2nc(cs2)C(=O)NC(C(C)O)C(=O)N/C(=C(\C)OC)c2nc(cs2)C(=O)NC2c4nc(cs4)C(=O)NC(COC(=O)c4c5c6c(cccc6n4OCCCS(=O)(=O)O)COC(=O)C(OC4CC(C)(O)C(N(C)C)C(C)O4)C2OC5)c2nc-3cs2)n1)C(N)=O. The highest BCUT2D eigenvalue weighted by atomic mass is 32.2. The van der Waals surface area contributed by atoms with Crippen LogP contribution in [0.1, 0.15) is 131 Å². The van der Waals surface area contributed by atoms with Crippen molar-refractivity contribution in [3.8, 4) is 38.4 Å². The number of benzene rings is 1. The Bertz CT molecular complexity index is 4960. The van der Waals surface area contributed by atoms with E-state index in [9.17, 15) is 47.5 Å². The van der Waals surface area contributed by atoms with E-state index in [1.807, 2.05) is 0 Å². The summed E-state index contributed by atoms with van der Waals surface area (Å²) in [6.45, 7) is 7.01. The first kappa shape index (κ1) is 75.1. The molecule has 4 aliphatic heterocycles. The van der Waals surface area contributed by atoms with E-state index in [0.29, 0.717) is 0 Å². The topological polar surface area (TPSA) is 488 Å². The third kappa shape index (κ3) is 15.9. The summed E-state index contributed by atoms with van der Waals surface area (Å²) in [7, 11) is 0.254. The van der Waals surface area contributed by atoms with Crippen LogP contribution >= 0.6 is 56.7 Å². The molecule has 12 bridgehead atoms. The van der Waals surface area contributed by atoms with E-state index in [2.05, 4.69) is 48.1 Å². The van der Waals surface area contributed by atoms with E-state index in [0.717, 1.165) is 61.4 Å². The molecule has 6 amide bonds. The maximum Gasteiger partial charge on any atom is 0.358 e. The van der Waals surface area contributed by atoms with Crippen molar-refractivity contribution < 1.29 is 99.9 Å². The summed E-state index contributed by atoms with van der Waals surface area (Å²) in [5, 5.41) is 55.2. The van der Waals surface area contributed by atoms with Gasteiger partial charge in [-0.2, -0.15) is 13.1 Å². The minimum atomic E-state index is -4.54. The number of nitrogens with two attached hydrogens (primary N) is 1. The highest BCUT2D eigenvalue weighted by Crippen LogP contribution is 2.43. The Morgan fingerprint density at radius 1 is 0.876 bits per heavy atom. The van der Waals surface area contributed by atoms with Gasteiger partial charge in [-0.05, 0) is 59.5 Å². The number of nitrogens with zero attached hydrogens (tertiary/aromatic N) is 8. The molecule has 10 unspecified atom stereocenters. The van der Waals surface area contributed by atoms with Crippen molar-refractivity contribution in [2.75, 3.05) is 40.2 Å². The van der Waals surface area contributed by atoms with Crippen molar-refractivity contribution in [1.29, 1.82) is 0 Å². The van der Waals surface area contributed by atoms with Crippen molar-refractivity contribution >= 4 is 131 Å². The number of ether oxygens (including phenoxy) is 6. The number of allylic oxidation sites excluding steroid dienone is 1. The molecular weight excluding hydrogens is 1490 g/mol. The molecule has 0 saturated carbocycles. The second-order valence-corrected chi connectivity index (χ2v) is 30.7. The van der Waals surface area contributed by atoms with Crippen molar-refractivity contribution in [2.45, 2.75) is 114 Å². The first-order chi connectivity index (χ1) is 49.9. The number of methoxy groups -OCH3 is 1. The first-order valence-electron chi connectivity index (χ1n) is 31.7. The third-order valence-corrected chi connectivity index (χ3v) is 22.3. The van der Waals surface area contributed by atoms with Crippen LogP contribution in [0.5, 0.6) is 5.75 Å². The molecule has 105 heavy (non-hydrogen) atoms. The molecule has 554 valence electrons. The van der Waals surface area contributed by atoms with E-state index < -0.39 is 162 Å². The smallest absolute Gasteiger partial charge is 0.358 e. The van der Waals surface area contributed by atoms with Gasteiger partial charge in [-0.15, -0.1) is 56.7 Å². The van der Waals surface area contributed by atoms with E-state index >= 15 is 19.2 Å². The highest BCUT2D eigenvalue weighted by molar-refractivity contribution is 7.85. The van der Waals surface area contributed by atoms with Gasteiger partial charge in [0.05, 0.1) is 54.5 Å². The summed E-state index contributed by atoms with van der Waals surface area (Å²) in [5.41, 5.74) is 1.82. The molecule has 0 aliphatic carbocycles. The average Bonchev–Trinajstić information content (AvgIpc) is 1.53. The average molecular weight is 1560 g/mol. The minimum absolute atomic E-state index is 0.00442. The molecule has 4 aliphatic rings. The molecule has 0 spiro atoms. The monoisotopic (exact) mass is 1560 g/mol. The van der Waals surface area contributed by atoms with Crippen LogP contribution in [0.2, 0.25) is 0 Å². The van der Waals surface area contributed by atoms with Gasteiger partial charge in [-0.25, -0.2) is 39.5 Å². The zero-order valence-electron chi connectivity index (χ0n) is 56.4. The third-order valence-electron chi connectivity index (χ3n) is 17.1. The van der Waals surface area contributed by atoms with Crippen molar-refractivity contribution in [3.05, 3.63) is 124 Å². The predicted octanol–water partition coefficient (Wildman–Crippen LogP) is 3.36. The highest BCUT2D eigenvalue weighted by Gasteiger charge is 2.50. The number of aliphatic hydroxyl groups is 2. The molecule has 1 fully saturated rings. The number of carbonyl (C=O) groups is 8. The fourth-order valence-corrected chi connectivity index (χ4v) is 16.9. The number of hydrogen-bond donors (Lipinski definition) is 10. The van der Waals surface area contributed by atoms with Gasteiger partial charge >= 0.3 is 11.9 Å². The van der Waals surface area contributed by atoms with Crippen molar-refractivity contribution in [3.63, 3.8) is 0 Å². The van der Waals surface area contributed by atoms with Crippen LogP contribution in [0.15, 0.2) is 69.2 Å². The predicted molar refractivity (Wildman–Crippen MR) is 375 cm³/mol. The molecule has 1 aromatic carbocycles. The number of fused-ring (bicyclic) bond motifs is 15. The maximum atomic E-state index is 15.6. The van der Waals surface area contributed by atoms with Gasteiger partial charge in [0.25, 0.3) is 39.7 Å². The van der Waals surface area contributed by atoms with E-state index in [4.69, 9.17) is 53.9 Å². The van der Waals surface area contributed by atoms with Crippen LogP contribution in [-0.2, 0) is 66.1 Å². The zero-order chi connectivity index (χ0) is 75.2. The Morgan fingerprint density at radius 3 is 2.25 bits per heavy atom. The number of pyridine rings is 1. The number of primary amides is 1. The molecule has 41 heteroatoms. The number of likely N-dealkylation sites (N-methyl/N-ethyl adjacent to an activating group) is 1. The zero-order valence-corrected chi connectivity index (χ0v) is 61.3. The first-order valence-corrected chi connectivity index (χ1v) is 37.8. The number of hydrogen-bond acceptors (Lipinski definition) is 32. The number of carbonyl (C=O) groups excluding carboxylic acids is 8. The van der Waals surface area contributed by atoms with Gasteiger partial charge in [-0.1, -0.05) is 18.7 Å². The largest absolute Gasteiger partial charge is 0.506 e. The van der Waals surface area contributed by atoms with E-state index in [1.54, 1.807) is 45.0 Å². The number of thiazole rings is 5. The van der Waals surface area contributed by atoms with Crippen LogP contribution < -0.4 is 37.2 Å². The molecule has 12 rings (SSSR count).